The van der Waals surface area contributed by atoms with Crippen LogP contribution in [0.1, 0.15) is 20.7 Å². The molecule has 0 bridgehead atoms. The van der Waals surface area contributed by atoms with Crippen LogP contribution in [0.5, 0.6) is 0 Å². The average molecular weight is 346 g/mol. The van der Waals surface area contributed by atoms with Crippen LogP contribution in [0, 0.1) is 0 Å². The molecule has 2 aliphatic heterocycles. The van der Waals surface area contributed by atoms with E-state index in [4.69, 9.17) is 17.3 Å². The zero-order valence-electron chi connectivity index (χ0n) is 12.0. The number of rotatable bonds is 3. The van der Waals surface area contributed by atoms with Gasteiger partial charge in [0.25, 0.3) is 17.7 Å². The Morgan fingerprint density at radius 3 is 2.25 bits per heavy atom. The third-order valence-corrected chi connectivity index (χ3v) is 3.71. The van der Waals surface area contributed by atoms with Crippen LogP contribution in [0.3, 0.4) is 0 Å². The number of amides is 3. The first-order valence-corrected chi connectivity index (χ1v) is 7.09. The first-order valence-electron chi connectivity index (χ1n) is 6.69. The Kier molecular flexibility index (Phi) is 3.73. The maximum atomic E-state index is 12.4. The van der Waals surface area contributed by atoms with Gasteiger partial charge in [-0.2, -0.15) is 0 Å². The molecular weight excluding hydrogens is 336 g/mol. The summed E-state index contributed by atoms with van der Waals surface area (Å²) < 4.78 is 0. The van der Waals surface area contributed by atoms with Crippen molar-refractivity contribution in [3.63, 3.8) is 0 Å². The van der Waals surface area contributed by atoms with Gasteiger partial charge < -0.3 is 5.11 Å². The number of hydrogen-bond acceptors (Lipinski definition) is 6. The van der Waals surface area contributed by atoms with E-state index in [1.165, 1.54) is 12.1 Å². The summed E-state index contributed by atoms with van der Waals surface area (Å²) in [6, 6.07) is 6.23. The number of carboxylic acids is 1. The molecule has 9 nitrogen and oxygen atoms in total. The molecule has 2 aliphatic rings. The number of hydrazine groups is 1. The summed E-state index contributed by atoms with van der Waals surface area (Å²) in [5, 5.41) is 8.72. The van der Waals surface area contributed by atoms with E-state index < -0.39 is 30.2 Å². The molecule has 3 N–H and O–H groups in total. The zero-order chi connectivity index (χ0) is 17.4. The third kappa shape index (κ3) is 2.48. The summed E-state index contributed by atoms with van der Waals surface area (Å²) in [5.74, 6) is -3.28. The Hall–Kier alpha value is -3.27. The monoisotopic (exact) mass is 346 g/mol. The molecule has 3 rings (SSSR count). The summed E-state index contributed by atoms with van der Waals surface area (Å²) in [7, 11) is 0. The number of benzene rings is 1. The Labute approximate surface area is 140 Å². The van der Waals surface area contributed by atoms with E-state index in [-0.39, 0.29) is 22.1 Å². The molecule has 1 fully saturated rings. The Morgan fingerprint density at radius 1 is 1.12 bits per heavy atom. The van der Waals surface area contributed by atoms with E-state index in [1.54, 1.807) is 12.1 Å². The predicted octanol–water partition coefficient (Wildman–Crippen LogP) is -0.570. The van der Waals surface area contributed by atoms with Crippen LogP contribution < -0.4 is 10.9 Å². The lowest BCUT2D eigenvalue weighted by molar-refractivity contribution is -0.131. The molecule has 0 spiro atoms. The molecule has 2 heterocycles. The van der Waals surface area contributed by atoms with Gasteiger partial charge >= 0.3 is 5.97 Å². The number of thiocarbonyl (C=S) groups is 1. The number of nitrogens with zero attached hydrogens (tertiary/aromatic N) is 2. The minimum atomic E-state index is -1.29. The highest BCUT2D eigenvalue weighted by atomic mass is 32.1. The molecule has 0 unspecified atom stereocenters. The van der Waals surface area contributed by atoms with Gasteiger partial charge in [0.05, 0.1) is 17.2 Å². The van der Waals surface area contributed by atoms with E-state index in [9.17, 15) is 19.2 Å². The van der Waals surface area contributed by atoms with Gasteiger partial charge in [0.1, 0.15) is 12.4 Å². The summed E-state index contributed by atoms with van der Waals surface area (Å²) in [6.07, 6.45) is 0.743. The first kappa shape index (κ1) is 15.6. The molecule has 1 aromatic rings. The van der Waals surface area contributed by atoms with Crippen LogP contribution in [-0.4, -0.2) is 50.3 Å². The van der Waals surface area contributed by atoms with Crippen molar-refractivity contribution >= 4 is 41.0 Å². The molecule has 1 aromatic carbocycles. The van der Waals surface area contributed by atoms with E-state index in [2.05, 4.69) is 10.9 Å². The second kappa shape index (κ2) is 5.74. The van der Waals surface area contributed by atoms with Crippen molar-refractivity contribution < 1.29 is 24.3 Å². The van der Waals surface area contributed by atoms with Crippen molar-refractivity contribution in [1.82, 2.24) is 20.7 Å². The fraction of sp³-hybridized carbons (Fsp3) is 0.0714. The molecule has 122 valence electrons. The van der Waals surface area contributed by atoms with Gasteiger partial charge in [-0.15, -0.1) is 0 Å². The number of nitrogens with one attached hydrogen (secondary N) is 2. The fourth-order valence-corrected chi connectivity index (χ4v) is 2.64. The molecule has 0 saturated carbocycles. The van der Waals surface area contributed by atoms with Crippen molar-refractivity contribution in [1.29, 1.82) is 0 Å². The smallest absolute Gasteiger partial charge is 0.332 e. The zero-order valence-corrected chi connectivity index (χ0v) is 12.8. The number of carboxylic acid groups (broad SMARTS) is 1. The fourth-order valence-electron chi connectivity index (χ4n) is 2.39. The van der Waals surface area contributed by atoms with Crippen LogP contribution in [0.15, 0.2) is 36.2 Å². The topological polar surface area (TPSA) is 119 Å². The average Bonchev–Trinajstić information content (AvgIpc) is 3.00. The molecule has 10 heteroatoms. The SMILES string of the molecule is O=C(O)/C=C1\NNC(=S)N1C(=O)CN1C(=O)c2ccccc2C1=O. The normalized spacial score (nSPS) is 17.8. The van der Waals surface area contributed by atoms with E-state index in [0.717, 1.165) is 15.9 Å². The van der Waals surface area contributed by atoms with Gasteiger partial charge in [-0.1, -0.05) is 12.1 Å². The lowest BCUT2D eigenvalue weighted by atomic mass is 10.1. The second-order valence-corrected chi connectivity index (χ2v) is 5.28. The summed E-state index contributed by atoms with van der Waals surface area (Å²) >= 11 is 4.93. The van der Waals surface area contributed by atoms with Crippen molar-refractivity contribution in [3.8, 4) is 0 Å². The maximum Gasteiger partial charge on any atom is 0.332 e. The largest absolute Gasteiger partial charge is 0.478 e. The van der Waals surface area contributed by atoms with Gasteiger partial charge in [0.15, 0.2) is 0 Å². The van der Waals surface area contributed by atoms with Crippen LogP contribution in [-0.2, 0) is 9.59 Å². The quantitative estimate of drug-likeness (QED) is 0.378. The van der Waals surface area contributed by atoms with Crippen LogP contribution in [0.4, 0.5) is 0 Å². The Morgan fingerprint density at radius 2 is 1.71 bits per heavy atom. The maximum absolute atomic E-state index is 12.4. The lowest BCUT2D eigenvalue weighted by Gasteiger charge is -2.18. The number of carbonyl (C=O) groups is 4. The van der Waals surface area contributed by atoms with Gasteiger partial charge in [-0.25, -0.2) is 9.69 Å². The van der Waals surface area contributed by atoms with Crippen LogP contribution in [0.2, 0.25) is 0 Å². The predicted molar refractivity (Wildman–Crippen MR) is 83.2 cm³/mol. The van der Waals surface area contributed by atoms with Crippen molar-refractivity contribution in [2.75, 3.05) is 6.54 Å². The third-order valence-electron chi connectivity index (χ3n) is 3.42. The lowest BCUT2D eigenvalue weighted by Crippen LogP contribution is -2.43. The molecule has 24 heavy (non-hydrogen) atoms. The van der Waals surface area contributed by atoms with Gasteiger partial charge in [-0.3, -0.25) is 30.1 Å². The summed E-state index contributed by atoms with van der Waals surface area (Å²) in [5.41, 5.74) is 5.31. The second-order valence-electron chi connectivity index (χ2n) is 4.89. The number of aliphatic carboxylic acids is 1. The number of carbonyl (C=O) groups excluding carboxylic acids is 3. The van der Waals surface area contributed by atoms with Crippen molar-refractivity contribution in [3.05, 3.63) is 47.3 Å². The first-order chi connectivity index (χ1) is 11.4. The van der Waals surface area contributed by atoms with E-state index in [1.807, 2.05) is 0 Å². The molecule has 0 atom stereocenters. The van der Waals surface area contributed by atoms with E-state index >= 15 is 0 Å². The molecule has 1 saturated heterocycles. The van der Waals surface area contributed by atoms with Crippen LogP contribution >= 0.6 is 12.2 Å². The highest BCUT2D eigenvalue weighted by molar-refractivity contribution is 7.80. The molecular formula is C14H10N4O5S. The van der Waals surface area contributed by atoms with Gasteiger partial charge in [0, 0.05) is 0 Å². The van der Waals surface area contributed by atoms with Crippen molar-refractivity contribution in [2.24, 2.45) is 0 Å². The molecule has 3 amide bonds. The standard InChI is InChI=1S/C14H10N4O5S/c19-10(18-9(5-11(20)21)15-16-14(18)24)6-17-12(22)7-3-1-2-4-8(7)13(17)23/h1-5,15H,6H2,(H,16,24)(H,20,21)/b9-5+. The number of hydrogen-bond donors (Lipinski definition) is 3. The molecule has 0 aliphatic carbocycles. The summed E-state index contributed by atoms with van der Waals surface area (Å²) in [4.78, 5) is 49.4. The Bertz CT molecular complexity index is 799. The Balaban J connectivity index is 1.83. The number of fused-ring (bicyclic) bond motifs is 1. The van der Waals surface area contributed by atoms with Crippen LogP contribution in [0.25, 0.3) is 0 Å². The van der Waals surface area contributed by atoms with Gasteiger partial charge in [0.2, 0.25) is 5.11 Å². The molecule has 0 radical (unpaired) electrons. The van der Waals surface area contributed by atoms with Gasteiger partial charge in [-0.05, 0) is 24.4 Å². The highest BCUT2D eigenvalue weighted by Crippen LogP contribution is 2.22. The van der Waals surface area contributed by atoms with Crippen molar-refractivity contribution in [2.45, 2.75) is 0 Å². The van der Waals surface area contributed by atoms with E-state index in [0.29, 0.717) is 0 Å². The minimum absolute atomic E-state index is 0.0795. The highest BCUT2D eigenvalue weighted by Gasteiger charge is 2.39. The molecule has 0 aromatic heterocycles. The summed E-state index contributed by atoms with van der Waals surface area (Å²) in [6.45, 7) is -0.563. The number of imide groups is 1. The minimum Gasteiger partial charge on any atom is -0.478 e.